The smallest absolute Gasteiger partial charge is 0.0973 e. The third-order valence-electron chi connectivity index (χ3n) is 2.22. The Hall–Kier alpha value is -0.420. The summed E-state index contributed by atoms with van der Waals surface area (Å²) in [5.74, 6) is 0. The first-order valence-electron chi connectivity index (χ1n) is 4.39. The van der Waals surface area contributed by atoms with Crippen LogP contribution in [-0.2, 0) is 4.74 Å². The Labute approximate surface area is 81.3 Å². The maximum absolute atomic E-state index is 9.90. The monoisotopic (exact) mass is 199 g/mol. The lowest BCUT2D eigenvalue weighted by atomic mass is 10.1. The van der Waals surface area contributed by atoms with Crippen molar-refractivity contribution in [3.8, 4) is 0 Å². The summed E-state index contributed by atoms with van der Waals surface area (Å²) in [6.07, 6.45) is -0.438. The van der Waals surface area contributed by atoms with Gasteiger partial charge < -0.3 is 15.2 Å². The molecule has 2 rings (SSSR count). The number of thiophene rings is 1. The predicted molar refractivity (Wildman–Crippen MR) is 51.9 cm³/mol. The van der Waals surface area contributed by atoms with Crippen molar-refractivity contribution in [1.29, 1.82) is 0 Å². The van der Waals surface area contributed by atoms with E-state index in [1.165, 1.54) is 0 Å². The number of nitrogens with one attached hydrogen (secondary N) is 1. The highest BCUT2D eigenvalue weighted by Gasteiger charge is 2.23. The van der Waals surface area contributed by atoms with Gasteiger partial charge in [0.25, 0.3) is 0 Å². The van der Waals surface area contributed by atoms with E-state index in [0.29, 0.717) is 6.61 Å². The average molecular weight is 199 g/mol. The molecule has 0 radical (unpaired) electrons. The van der Waals surface area contributed by atoms with Gasteiger partial charge in [0.2, 0.25) is 0 Å². The molecule has 2 N–H and O–H groups in total. The molecule has 1 aliphatic rings. The van der Waals surface area contributed by atoms with Gasteiger partial charge in [-0.25, -0.2) is 0 Å². The first kappa shape index (κ1) is 9.15. The van der Waals surface area contributed by atoms with Crippen molar-refractivity contribution < 1.29 is 9.84 Å². The Morgan fingerprint density at radius 2 is 2.62 bits per heavy atom. The molecule has 1 fully saturated rings. The van der Waals surface area contributed by atoms with E-state index in [0.717, 1.165) is 18.7 Å². The van der Waals surface area contributed by atoms with Crippen LogP contribution in [0.1, 0.15) is 11.7 Å². The van der Waals surface area contributed by atoms with Crippen molar-refractivity contribution in [3.05, 3.63) is 22.4 Å². The lowest BCUT2D eigenvalue weighted by Crippen LogP contribution is -2.44. The topological polar surface area (TPSA) is 41.5 Å². The summed E-state index contributed by atoms with van der Waals surface area (Å²) in [4.78, 5) is 0. The van der Waals surface area contributed by atoms with E-state index in [-0.39, 0.29) is 6.04 Å². The average Bonchev–Trinajstić information content (AvgIpc) is 2.71. The van der Waals surface area contributed by atoms with Gasteiger partial charge in [0.15, 0.2) is 0 Å². The zero-order chi connectivity index (χ0) is 9.10. The maximum atomic E-state index is 9.90. The molecule has 0 amide bonds. The van der Waals surface area contributed by atoms with Crippen molar-refractivity contribution in [2.45, 2.75) is 12.1 Å². The zero-order valence-corrected chi connectivity index (χ0v) is 8.09. The summed E-state index contributed by atoms with van der Waals surface area (Å²) < 4.78 is 5.28. The molecule has 0 spiro atoms. The van der Waals surface area contributed by atoms with E-state index in [1.54, 1.807) is 11.3 Å². The van der Waals surface area contributed by atoms with Crippen molar-refractivity contribution in [2.75, 3.05) is 19.8 Å². The Morgan fingerprint density at radius 1 is 1.69 bits per heavy atom. The minimum Gasteiger partial charge on any atom is -0.387 e. The number of hydrogen-bond acceptors (Lipinski definition) is 4. The number of ether oxygens (including phenoxy) is 1. The molecular formula is C9H13NO2S. The second-order valence-electron chi connectivity index (χ2n) is 3.14. The van der Waals surface area contributed by atoms with Gasteiger partial charge in [-0.3, -0.25) is 0 Å². The fraction of sp³-hybridized carbons (Fsp3) is 0.556. The van der Waals surface area contributed by atoms with Crippen LogP contribution in [0.4, 0.5) is 0 Å². The van der Waals surface area contributed by atoms with Gasteiger partial charge in [-0.1, -0.05) is 0 Å². The summed E-state index contributed by atoms with van der Waals surface area (Å²) in [5, 5.41) is 17.1. The van der Waals surface area contributed by atoms with Crippen molar-refractivity contribution >= 4 is 11.3 Å². The Kier molecular flexibility index (Phi) is 2.95. The number of aliphatic hydroxyl groups is 1. The molecule has 3 nitrogen and oxygen atoms in total. The lowest BCUT2D eigenvalue weighted by molar-refractivity contribution is 0.0178. The molecule has 1 aromatic heterocycles. The van der Waals surface area contributed by atoms with Gasteiger partial charge in [0.05, 0.1) is 25.4 Å². The lowest BCUT2D eigenvalue weighted by Gasteiger charge is -2.27. The van der Waals surface area contributed by atoms with Crippen LogP contribution >= 0.6 is 11.3 Å². The second kappa shape index (κ2) is 4.19. The van der Waals surface area contributed by atoms with Gasteiger partial charge in [0.1, 0.15) is 0 Å². The minimum absolute atomic E-state index is 0.0448. The molecular weight excluding hydrogens is 186 g/mol. The highest BCUT2D eigenvalue weighted by atomic mass is 32.1. The van der Waals surface area contributed by atoms with Crippen LogP contribution in [0.3, 0.4) is 0 Å². The molecule has 2 atom stereocenters. The molecule has 1 aromatic rings. The van der Waals surface area contributed by atoms with Crippen LogP contribution in [-0.4, -0.2) is 30.9 Å². The molecule has 0 saturated carbocycles. The second-order valence-corrected chi connectivity index (χ2v) is 3.92. The Morgan fingerprint density at radius 3 is 3.23 bits per heavy atom. The van der Waals surface area contributed by atoms with Crippen molar-refractivity contribution in [1.82, 2.24) is 5.32 Å². The molecule has 2 unspecified atom stereocenters. The largest absolute Gasteiger partial charge is 0.387 e. The van der Waals surface area contributed by atoms with Crippen LogP contribution < -0.4 is 5.32 Å². The zero-order valence-electron chi connectivity index (χ0n) is 7.27. The van der Waals surface area contributed by atoms with Crippen LogP contribution in [0.5, 0.6) is 0 Å². The van der Waals surface area contributed by atoms with E-state index in [4.69, 9.17) is 4.74 Å². The molecule has 0 aromatic carbocycles. The number of hydrogen-bond donors (Lipinski definition) is 2. The number of aliphatic hydroxyl groups excluding tert-OH is 1. The highest BCUT2D eigenvalue weighted by Crippen LogP contribution is 2.20. The van der Waals surface area contributed by atoms with Crippen LogP contribution in [0.2, 0.25) is 0 Å². The molecule has 13 heavy (non-hydrogen) atoms. The van der Waals surface area contributed by atoms with Crippen molar-refractivity contribution in [2.24, 2.45) is 0 Å². The SMILES string of the molecule is OC(c1ccsc1)C1COCCN1. The quantitative estimate of drug-likeness (QED) is 0.739. The van der Waals surface area contributed by atoms with Crippen molar-refractivity contribution in [3.63, 3.8) is 0 Å². The summed E-state index contributed by atoms with van der Waals surface area (Å²) >= 11 is 1.60. The van der Waals surface area contributed by atoms with Crippen LogP contribution in [0.25, 0.3) is 0 Å². The Balaban J connectivity index is 1.99. The van der Waals surface area contributed by atoms with E-state index >= 15 is 0 Å². The first-order chi connectivity index (χ1) is 6.38. The first-order valence-corrected chi connectivity index (χ1v) is 5.33. The van der Waals surface area contributed by atoms with Gasteiger partial charge in [0, 0.05) is 6.54 Å². The van der Waals surface area contributed by atoms with Gasteiger partial charge in [-0.2, -0.15) is 11.3 Å². The summed E-state index contributed by atoms with van der Waals surface area (Å²) in [5.41, 5.74) is 0.980. The molecule has 2 heterocycles. The van der Waals surface area contributed by atoms with E-state index in [2.05, 4.69) is 5.32 Å². The van der Waals surface area contributed by atoms with E-state index in [9.17, 15) is 5.11 Å². The standard InChI is InChI=1S/C9H13NO2S/c11-9(7-1-4-13-6-7)8-5-12-3-2-10-8/h1,4,6,8-11H,2-3,5H2. The van der Waals surface area contributed by atoms with Crippen LogP contribution in [0.15, 0.2) is 16.8 Å². The van der Waals surface area contributed by atoms with Gasteiger partial charge in [-0.05, 0) is 22.4 Å². The molecule has 0 aliphatic carbocycles. The molecule has 0 bridgehead atoms. The minimum atomic E-state index is -0.438. The van der Waals surface area contributed by atoms with Gasteiger partial charge >= 0.3 is 0 Å². The van der Waals surface area contributed by atoms with Crippen LogP contribution in [0, 0.1) is 0 Å². The predicted octanol–water partition coefficient (Wildman–Crippen LogP) is 0.770. The third kappa shape index (κ3) is 2.08. The van der Waals surface area contributed by atoms with E-state index < -0.39 is 6.10 Å². The maximum Gasteiger partial charge on any atom is 0.0973 e. The highest BCUT2D eigenvalue weighted by molar-refractivity contribution is 7.07. The van der Waals surface area contributed by atoms with Gasteiger partial charge in [-0.15, -0.1) is 0 Å². The molecule has 72 valence electrons. The Bertz CT molecular complexity index is 244. The normalized spacial score (nSPS) is 25.8. The molecule has 4 heteroatoms. The number of morpholine rings is 1. The summed E-state index contributed by atoms with van der Waals surface area (Å²) in [6.45, 7) is 2.16. The number of rotatable bonds is 2. The summed E-state index contributed by atoms with van der Waals surface area (Å²) in [6, 6.07) is 1.99. The third-order valence-corrected chi connectivity index (χ3v) is 2.92. The fourth-order valence-electron chi connectivity index (χ4n) is 1.46. The van der Waals surface area contributed by atoms with E-state index in [1.807, 2.05) is 16.8 Å². The summed E-state index contributed by atoms with van der Waals surface area (Å²) in [7, 11) is 0. The fourth-order valence-corrected chi connectivity index (χ4v) is 2.15. The molecule has 1 aliphatic heterocycles. The molecule has 1 saturated heterocycles.